The number of hydrogen-bond donors (Lipinski definition) is 0. The fraction of sp³-hybridized carbons (Fsp3) is 0.929. The summed E-state index contributed by atoms with van der Waals surface area (Å²) in [6.07, 6.45) is 2.43. The number of methoxy groups -OCH3 is 1. The van der Waals surface area contributed by atoms with Gasteiger partial charge in [0.15, 0.2) is 6.10 Å². The number of hydrogen-bond acceptors (Lipinski definition) is 6. The molecular weight excluding hydrogens is 264 g/mol. The van der Waals surface area contributed by atoms with E-state index >= 15 is 0 Å². The van der Waals surface area contributed by atoms with Crippen molar-refractivity contribution in [1.29, 1.82) is 0 Å². The van der Waals surface area contributed by atoms with Crippen molar-refractivity contribution in [3.05, 3.63) is 0 Å². The Balaban J connectivity index is 1.82. The van der Waals surface area contributed by atoms with Gasteiger partial charge in [-0.05, 0) is 12.8 Å². The summed E-state index contributed by atoms with van der Waals surface area (Å²) >= 11 is 0. The first-order valence-corrected chi connectivity index (χ1v) is 7.31. The van der Waals surface area contributed by atoms with Gasteiger partial charge in [0.2, 0.25) is 0 Å². The lowest BCUT2D eigenvalue weighted by atomic mass is 9.66. The molecule has 4 aliphatic rings. The third kappa shape index (κ3) is 1.56. The molecule has 112 valence electrons. The molecular formula is C14H20O6. The maximum absolute atomic E-state index is 11.9. The Hall–Kier alpha value is -0.690. The molecule has 4 rings (SSSR count). The van der Waals surface area contributed by atoms with Gasteiger partial charge in [-0.2, -0.15) is 0 Å². The predicted molar refractivity (Wildman–Crippen MR) is 65.7 cm³/mol. The Morgan fingerprint density at radius 2 is 2.20 bits per heavy atom. The molecule has 6 nitrogen and oxygen atoms in total. The molecule has 0 aromatic carbocycles. The van der Waals surface area contributed by atoms with Gasteiger partial charge >= 0.3 is 5.97 Å². The first-order chi connectivity index (χ1) is 9.57. The standard InChI is InChI=1S/C14H20O6/c1-13-17-7-9(16-2)12-14(20-13)8(6-11(15)18-12)4-3-5-10(14)19-13/h8-10,12H,3-7H2,1-2H3. The van der Waals surface area contributed by atoms with Crippen LogP contribution in [0.15, 0.2) is 0 Å². The van der Waals surface area contributed by atoms with E-state index in [4.69, 9.17) is 23.7 Å². The fourth-order valence-electron chi connectivity index (χ4n) is 4.33. The molecule has 3 aliphatic heterocycles. The molecule has 6 unspecified atom stereocenters. The molecule has 0 radical (unpaired) electrons. The molecule has 3 saturated heterocycles. The number of carbonyl (C=O) groups excluding carboxylic acids is 1. The number of ether oxygens (including phenoxy) is 5. The largest absolute Gasteiger partial charge is 0.456 e. The van der Waals surface area contributed by atoms with E-state index in [0.29, 0.717) is 13.0 Å². The van der Waals surface area contributed by atoms with Crippen molar-refractivity contribution in [1.82, 2.24) is 0 Å². The van der Waals surface area contributed by atoms with Crippen LogP contribution in [0.1, 0.15) is 32.6 Å². The van der Waals surface area contributed by atoms with Crippen LogP contribution in [-0.2, 0) is 28.5 Å². The van der Waals surface area contributed by atoms with Gasteiger partial charge in [-0.25, -0.2) is 0 Å². The highest BCUT2D eigenvalue weighted by Gasteiger charge is 2.70. The van der Waals surface area contributed by atoms with E-state index < -0.39 is 17.7 Å². The van der Waals surface area contributed by atoms with Crippen LogP contribution in [0.25, 0.3) is 0 Å². The van der Waals surface area contributed by atoms with Crippen molar-refractivity contribution in [2.45, 2.75) is 62.5 Å². The highest BCUT2D eigenvalue weighted by Crippen LogP contribution is 2.56. The SMILES string of the molecule is COC1COC2(C)OC3CCCC4CC(=O)OC1C43O2. The molecule has 0 N–H and O–H groups in total. The summed E-state index contributed by atoms with van der Waals surface area (Å²) in [6, 6.07) is 0. The lowest BCUT2D eigenvalue weighted by molar-refractivity contribution is -0.336. The van der Waals surface area contributed by atoms with Gasteiger partial charge in [0.1, 0.15) is 11.7 Å². The minimum absolute atomic E-state index is 0.0951. The van der Waals surface area contributed by atoms with Gasteiger partial charge in [0, 0.05) is 20.0 Å². The molecule has 3 heterocycles. The van der Waals surface area contributed by atoms with Crippen LogP contribution in [0.3, 0.4) is 0 Å². The van der Waals surface area contributed by atoms with Gasteiger partial charge in [-0.3, -0.25) is 4.79 Å². The smallest absolute Gasteiger partial charge is 0.306 e. The molecule has 2 bridgehead atoms. The third-order valence-corrected chi connectivity index (χ3v) is 5.15. The molecule has 0 aromatic heterocycles. The lowest BCUT2D eigenvalue weighted by Gasteiger charge is -2.50. The van der Waals surface area contributed by atoms with E-state index in [1.807, 2.05) is 0 Å². The first kappa shape index (κ1) is 13.0. The average molecular weight is 284 g/mol. The Morgan fingerprint density at radius 3 is 3.00 bits per heavy atom. The average Bonchev–Trinajstić information content (AvgIpc) is 2.64. The van der Waals surface area contributed by atoms with Gasteiger partial charge in [-0.15, -0.1) is 0 Å². The first-order valence-electron chi connectivity index (χ1n) is 7.31. The van der Waals surface area contributed by atoms with Crippen molar-refractivity contribution < 1.29 is 28.5 Å². The molecule has 1 aliphatic carbocycles. The van der Waals surface area contributed by atoms with E-state index in [0.717, 1.165) is 19.3 Å². The van der Waals surface area contributed by atoms with Crippen molar-refractivity contribution in [3.63, 3.8) is 0 Å². The second-order valence-corrected chi connectivity index (χ2v) is 6.25. The van der Waals surface area contributed by atoms with Crippen LogP contribution in [0.5, 0.6) is 0 Å². The van der Waals surface area contributed by atoms with Gasteiger partial charge in [-0.1, -0.05) is 6.42 Å². The van der Waals surface area contributed by atoms with Crippen LogP contribution in [0.2, 0.25) is 0 Å². The highest BCUT2D eigenvalue weighted by molar-refractivity contribution is 5.71. The Bertz CT molecular complexity index is 439. The van der Waals surface area contributed by atoms with E-state index in [1.54, 1.807) is 14.0 Å². The summed E-state index contributed by atoms with van der Waals surface area (Å²) in [5, 5.41) is 0. The topological polar surface area (TPSA) is 63.2 Å². The number of fused-ring (bicyclic) bond motifs is 1. The minimum Gasteiger partial charge on any atom is -0.456 e. The molecule has 6 heteroatoms. The van der Waals surface area contributed by atoms with Crippen LogP contribution < -0.4 is 0 Å². The monoisotopic (exact) mass is 284 g/mol. The predicted octanol–water partition coefficient (Wildman–Crippen LogP) is 0.975. The zero-order chi connectivity index (χ0) is 14.0. The van der Waals surface area contributed by atoms with Gasteiger partial charge in [0.05, 0.1) is 19.1 Å². The van der Waals surface area contributed by atoms with Crippen LogP contribution in [0, 0.1) is 5.92 Å². The van der Waals surface area contributed by atoms with Crippen LogP contribution >= 0.6 is 0 Å². The molecule has 1 spiro atoms. The van der Waals surface area contributed by atoms with E-state index in [-0.39, 0.29) is 24.1 Å². The summed E-state index contributed by atoms with van der Waals surface area (Å²) in [6.45, 7) is 2.09. The summed E-state index contributed by atoms with van der Waals surface area (Å²) < 4.78 is 29.2. The molecule has 0 aromatic rings. The normalized spacial score (nSPS) is 54.0. The number of carbonyl (C=O) groups is 1. The van der Waals surface area contributed by atoms with Crippen molar-refractivity contribution in [2.24, 2.45) is 5.92 Å². The number of esters is 1. The Kier molecular flexibility index (Phi) is 2.71. The second kappa shape index (κ2) is 4.16. The maximum atomic E-state index is 11.9. The summed E-state index contributed by atoms with van der Waals surface area (Å²) in [5.41, 5.74) is -0.613. The maximum Gasteiger partial charge on any atom is 0.306 e. The molecule has 6 atom stereocenters. The van der Waals surface area contributed by atoms with E-state index in [1.165, 1.54) is 0 Å². The van der Waals surface area contributed by atoms with Crippen molar-refractivity contribution in [3.8, 4) is 0 Å². The van der Waals surface area contributed by atoms with Crippen molar-refractivity contribution >= 4 is 5.97 Å². The Morgan fingerprint density at radius 1 is 1.35 bits per heavy atom. The second-order valence-electron chi connectivity index (χ2n) is 6.25. The van der Waals surface area contributed by atoms with Crippen LogP contribution in [0.4, 0.5) is 0 Å². The molecule has 1 saturated carbocycles. The quantitative estimate of drug-likeness (QED) is 0.669. The minimum atomic E-state index is -1.05. The number of rotatable bonds is 1. The van der Waals surface area contributed by atoms with Gasteiger partial charge in [0.25, 0.3) is 5.97 Å². The lowest BCUT2D eigenvalue weighted by Crippen LogP contribution is -2.66. The zero-order valence-corrected chi connectivity index (χ0v) is 11.8. The summed E-state index contributed by atoms with van der Waals surface area (Å²) in [7, 11) is 1.61. The Labute approximate surface area is 117 Å². The van der Waals surface area contributed by atoms with E-state index in [2.05, 4.69) is 0 Å². The zero-order valence-electron chi connectivity index (χ0n) is 11.8. The molecule has 20 heavy (non-hydrogen) atoms. The van der Waals surface area contributed by atoms with E-state index in [9.17, 15) is 4.79 Å². The third-order valence-electron chi connectivity index (χ3n) is 5.15. The summed E-state index contributed by atoms with van der Waals surface area (Å²) in [4.78, 5) is 11.9. The summed E-state index contributed by atoms with van der Waals surface area (Å²) in [5.74, 6) is -1.11. The van der Waals surface area contributed by atoms with Gasteiger partial charge < -0.3 is 23.7 Å². The van der Waals surface area contributed by atoms with Crippen molar-refractivity contribution in [2.75, 3.05) is 13.7 Å². The fourth-order valence-corrected chi connectivity index (χ4v) is 4.33. The highest BCUT2D eigenvalue weighted by atomic mass is 16.9. The molecule has 0 amide bonds. The molecule has 4 fully saturated rings. The van der Waals surface area contributed by atoms with Crippen LogP contribution in [-0.4, -0.2) is 49.6 Å².